The fourth-order valence-corrected chi connectivity index (χ4v) is 1.47. The van der Waals surface area contributed by atoms with Crippen LogP contribution in [0.1, 0.15) is 22.5 Å². The van der Waals surface area contributed by atoms with E-state index in [9.17, 15) is 4.79 Å². The molecular weight excluding hydrogens is 284 g/mol. The van der Waals surface area contributed by atoms with Gasteiger partial charge in [-0.05, 0) is 25.5 Å². The lowest BCUT2D eigenvalue weighted by Gasteiger charge is -2.05. The Balaban J connectivity index is 2.19. The summed E-state index contributed by atoms with van der Waals surface area (Å²) in [6.45, 7) is 3.88. The number of rotatable bonds is 7. The van der Waals surface area contributed by atoms with E-state index in [0.29, 0.717) is 25.3 Å². The van der Waals surface area contributed by atoms with Gasteiger partial charge in [0.1, 0.15) is 0 Å². The van der Waals surface area contributed by atoms with E-state index in [-0.39, 0.29) is 5.91 Å². The van der Waals surface area contributed by atoms with Gasteiger partial charge in [-0.3, -0.25) is 9.78 Å². The second kappa shape index (κ2) is 8.20. The number of ether oxygens (including phenoxy) is 1. The molecule has 0 aromatic carbocycles. The summed E-state index contributed by atoms with van der Waals surface area (Å²) < 4.78 is 5.28. The molecule has 1 N–H and O–H groups in total. The Morgan fingerprint density at radius 1 is 1.47 bits per heavy atom. The molecular formula is C12H17BrN2O2. The molecule has 4 nitrogen and oxygen atoms in total. The van der Waals surface area contributed by atoms with Gasteiger partial charge in [-0.2, -0.15) is 0 Å². The van der Waals surface area contributed by atoms with E-state index < -0.39 is 0 Å². The predicted molar refractivity (Wildman–Crippen MR) is 70.5 cm³/mol. The van der Waals surface area contributed by atoms with E-state index in [4.69, 9.17) is 4.74 Å². The zero-order valence-electron chi connectivity index (χ0n) is 9.91. The normalized spacial score (nSPS) is 10.2. The standard InChI is InChI=1S/C12H17BrN2O2/c1-10-3-4-11(9-15-10)12(16)14-6-2-7-17-8-5-13/h3-4,9H,2,5-8H2,1H3,(H,14,16). The number of nitrogens with one attached hydrogen (secondary N) is 1. The fourth-order valence-electron chi connectivity index (χ4n) is 1.24. The van der Waals surface area contributed by atoms with Crippen LogP contribution in [0.15, 0.2) is 18.3 Å². The lowest BCUT2D eigenvalue weighted by molar-refractivity contribution is 0.0944. The summed E-state index contributed by atoms with van der Waals surface area (Å²) >= 11 is 3.28. The number of halogens is 1. The van der Waals surface area contributed by atoms with E-state index in [0.717, 1.165) is 17.4 Å². The largest absolute Gasteiger partial charge is 0.381 e. The third kappa shape index (κ3) is 5.79. The highest BCUT2D eigenvalue weighted by Gasteiger charge is 2.04. The summed E-state index contributed by atoms with van der Waals surface area (Å²) in [5.41, 5.74) is 1.50. The number of carbonyl (C=O) groups excluding carboxylic acids is 1. The monoisotopic (exact) mass is 300 g/mol. The van der Waals surface area contributed by atoms with Crippen LogP contribution < -0.4 is 5.32 Å². The molecule has 0 bridgehead atoms. The highest BCUT2D eigenvalue weighted by molar-refractivity contribution is 9.09. The number of amides is 1. The van der Waals surface area contributed by atoms with Gasteiger partial charge in [0, 0.05) is 30.4 Å². The molecule has 17 heavy (non-hydrogen) atoms. The molecule has 0 saturated carbocycles. The maximum Gasteiger partial charge on any atom is 0.252 e. The van der Waals surface area contributed by atoms with Crippen molar-refractivity contribution in [2.24, 2.45) is 0 Å². The average Bonchev–Trinajstić information content (AvgIpc) is 2.34. The Morgan fingerprint density at radius 3 is 2.94 bits per heavy atom. The highest BCUT2D eigenvalue weighted by Crippen LogP contribution is 1.98. The molecule has 0 unspecified atom stereocenters. The molecule has 0 radical (unpaired) electrons. The number of aryl methyl sites for hydroxylation is 1. The van der Waals surface area contributed by atoms with Crippen molar-refractivity contribution in [3.8, 4) is 0 Å². The first-order valence-corrected chi connectivity index (χ1v) is 6.70. The third-order valence-corrected chi connectivity index (χ3v) is 2.47. The minimum Gasteiger partial charge on any atom is -0.381 e. The summed E-state index contributed by atoms with van der Waals surface area (Å²) in [5, 5.41) is 3.67. The van der Waals surface area contributed by atoms with Crippen LogP contribution in [0, 0.1) is 6.92 Å². The van der Waals surface area contributed by atoms with Gasteiger partial charge in [-0.15, -0.1) is 0 Å². The van der Waals surface area contributed by atoms with Gasteiger partial charge in [-0.25, -0.2) is 0 Å². The van der Waals surface area contributed by atoms with Crippen LogP contribution in [0.4, 0.5) is 0 Å². The zero-order valence-corrected chi connectivity index (χ0v) is 11.5. The third-order valence-electron chi connectivity index (χ3n) is 2.15. The zero-order chi connectivity index (χ0) is 12.5. The van der Waals surface area contributed by atoms with Gasteiger partial charge in [-0.1, -0.05) is 15.9 Å². The molecule has 0 spiro atoms. The Kier molecular flexibility index (Phi) is 6.81. The summed E-state index contributed by atoms with van der Waals surface area (Å²) in [6, 6.07) is 3.60. The molecule has 1 aromatic heterocycles. The van der Waals surface area contributed by atoms with Crippen LogP contribution in [-0.4, -0.2) is 36.0 Å². The molecule has 1 aromatic rings. The Bertz CT molecular complexity index is 341. The van der Waals surface area contributed by atoms with Crippen molar-refractivity contribution in [3.05, 3.63) is 29.6 Å². The van der Waals surface area contributed by atoms with Crippen molar-refractivity contribution in [1.82, 2.24) is 10.3 Å². The van der Waals surface area contributed by atoms with Crippen LogP contribution in [0.25, 0.3) is 0 Å². The van der Waals surface area contributed by atoms with Gasteiger partial charge in [0.25, 0.3) is 5.91 Å². The molecule has 0 aliphatic heterocycles. The molecule has 0 atom stereocenters. The number of hydrogen-bond acceptors (Lipinski definition) is 3. The van der Waals surface area contributed by atoms with Gasteiger partial charge < -0.3 is 10.1 Å². The number of aromatic nitrogens is 1. The second-order valence-electron chi connectivity index (χ2n) is 3.60. The number of nitrogens with zero attached hydrogens (tertiary/aromatic N) is 1. The van der Waals surface area contributed by atoms with E-state index in [2.05, 4.69) is 26.2 Å². The summed E-state index contributed by atoms with van der Waals surface area (Å²) in [4.78, 5) is 15.7. The van der Waals surface area contributed by atoms with E-state index in [1.54, 1.807) is 12.3 Å². The molecule has 0 aliphatic carbocycles. The smallest absolute Gasteiger partial charge is 0.252 e. The van der Waals surface area contributed by atoms with Crippen molar-refractivity contribution in [1.29, 1.82) is 0 Å². The van der Waals surface area contributed by atoms with Crippen molar-refractivity contribution in [2.75, 3.05) is 25.1 Å². The molecule has 5 heteroatoms. The van der Waals surface area contributed by atoms with Crippen molar-refractivity contribution < 1.29 is 9.53 Å². The van der Waals surface area contributed by atoms with E-state index >= 15 is 0 Å². The summed E-state index contributed by atoms with van der Waals surface area (Å²) in [5.74, 6) is -0.0852. The maximum absolute atomic E-state index is 11.6. The highest BCUT2D eigenvalue weighted by atomic mass is 79.9. The first-order valence-electron chi connectivity index (χ1n) is 5.58. The van der Waals surface area contributed by atoms with Crippen molar-refractivity contribution in [2.45, 2.75) is 13.3 Å². The van der Waals surface area contributed by atoms with Gasteiger partial charge in [0.05, 0.1) is 12.2 Å². The number of carbonyl (C=O) groups is 1. The number of hydrogen-bond donors (Lipinski definition) is 1. The minimum atomic E-state index is -0.0852. The quantitative estimate of drug-likeness (QED) is 0.618. The molecule has 1 heterocycles. The van der Waals surface area contributed by atoms with Gasteiger partial charge in [0.15, 0.2) is 0 Å². The number of pyridine rings is 1. The molecule has 1 rings (SSSR count). The van der Waals surface area contributed by atoms with Gasteiger partial charge >= 0.3 is 0 Å². The van der Waals surface area contributed by atoms with E-state index in [1.807, 2.05) is 13.0 Å². The van der Waals surface area contributed by atoms with Gasteiger partial charge in [0.2, 0.25) is 0 Å². The Morgan fingerprint density at radius 2 is 2.29 bits per heavy atom. The molecule has 0 fully saturated rings. The summed E-state index contributed by atoms with van der Waals surface area (Å²) in [7, 11) is 0. The number of alkyl halides is 1. The molecule has 94 valence electrons. The maximum atomic E-state index is 11.6. The van der Waals surface area contributed by atoms with Crippen LogP contribution in [0.3, 0.4) is 0 Å². The summed E-state index contributed by atoms with van der Waals surface area (Å²) in [6.07, 6.45) is 2.41. The molecule has 0 aliphatic rings. The van der Waals surface area contributed by atoms with Crippen molar-refractivity contribution in [3.63, 3.8) is 0 Å². The Hall–Kier alpha value is -0.940. The second-order valence-corrected chi connectivity index (χ2v) is 4.39. The lowest BCUT2D eigenvalue weighted by Crippen LogP contribution is -2.25. The Labute approximate surface area is 110 Å². The SMILES string of the molecule is Cc1ccc(C(=O)NCCCOCCBr)cn1. The molecule has 0 saturated heterocycles. The lowest BCUT2D eigenvalue weighted by atomic mass is 10.2. The van der Waals surface area contributed by atoms with Crippen LogP contribution >= 0.6 is 15.9 Å². The van der Waals surface area contributed by atoms with Crippen LogP contribution in [0.5, 0.6) is 0 Å². The van der Waals surface area contributed by atoms with Crippen molar-refractivity contribution >= 4 is 21.8 Å². The minimum absolute atomic E-state index is 0.0852. The fraction of sp³-hybridized carbons (Fsp3) is 0.500. The average molecular weight is 301 g/mol. The molecule has 1 amide bonds. The van der Waals surface area contributed by atoms with E-state index in [1.165, 1.54) is 0 Å². The first kappa shape index (κ1) is 14.1. The topological polar surface area (TPSA) is 51.2 Å². The van der Waals surface area contributed by atoms with Crippen LogP contribution in [-0.2, 0) is 4.74 Å². The first-order chi connectivity index (χ1) is 8.24. The van der Waals surface area contributed by atoms with Crippen LogP contribution in [0.2, 0.25) is 0 Å². The predicted octanol–water partition coefficient (Wildman–Crippen LogP) is 1.92.